The summed E-state index contributed by atoms with van der Waals surface area (Å²) >= 11 is 1.44. The fourth-order valence-electron chi connectivity index (χ4n) is 3.85. The predicted molar refractivity (Wildman–Crippen MR) is 123 cm³/mol. The number of imidazole rings is 1. The largest absolute Gasteiger partial charge is 0.341 e. The van der Waals surface area contributed by atoms with E-state index in [1.807, 2.05) is 24.3 Å². The molecule has 1 fully saturated rings. The molecule has 8 nitrogen and oxygen atoms in total. The number of H-pyrrole nitrogens is 1. The molecule has 1 aromatic heterocycles. The van der Waals surface area contributed by atoms with E-state index in [2.05, 4.69) is 32.5 Å². The van der Waals surface area contributed by atoms with E-state index in [9.17, 15) is 9.59 Å². The van der Waals surface area contributed by atoms with Crippen molar-refractivity contribution in [1.82, 2.24) is 19.8 Å². The second kappa shape index (κ2) is 8.33. The van der Waals surface area contributed by atoms with Gasteiger partial charge in [-0.3, -0.25) is 14.5 Å². The van der Waals surface area contributed by atoms with Crippen LogP contribution in [0.5, 0.6) is 0 Å². The van der Waals surface area contributed by atoms with Crippen molar-refractivity contribution in [1.29, 1.82) is 0 Å². The van der Waals surface area contributed by atoms with E-state index >= 15 is 0 Å². The van der Waals surface area contributed by atoms with E-state index in [0.717, 1.165) is 60.2 Å². The number of thioether (sulfide) groups is 1. The number of amides is 2. The van der Waals surface area contributed by atoms with Crippen molar-refractivity contribution in [2.45, 2.75) is 11.4 Å². The number of hydrogen-bond donors (Lipinski definition) is 3. The van der Waals surface area contributed by atoms with Crippen molar-refractivity contribution >= 4 is 46.0 Å². The summed E-state index contributed by atoms with van der Waals surface area (Å²) in [6, 6.07) is 11.0. The number of carbonyl (C=O) groups is 2. The van der Waals surface area contributed by atoms with Gasteiger partial charge in [0.15, 0.2) is 0 Å². The molecule has 5 rings (SSSR count). The third-order valence-corrected chi connectivity index (χ3v) is 6.69. The molecule has 0 saturated carbocycles. The van der Waals surface area contributed by atoms with Gasteiger partial charge in [0.2, 0.25) is 5.91 Å². The lowest BCUT2D eigenvalue weighted by Gasteiger charge is -2.31. The summed E-state index contributed by atoms with van der Waals surface area (Å²) in [7, 11) is 2.15. The van der Waals surface area contributed by atoms with Gasteiger partial charge in [-0.25, -0.2) is 4.98 Å². The Morgan fingerprint density at radius 3 is 2.84 bits per heavy atom. The van der Waals surface area contributed by atoms with Gasteiger partial charge in [-0.05, 0) is 43.4 Å². The number of nitrogens with zero attached hydrogens (tertiary/aromatic N) is 3. The van der Waals surface area contributed by atoms with Crippen molar-refractivity contribution in [3.05, 3.63) is 47.8 Å². The van der Waals surface area contributed by atoms with Crippen LogP contribution in [-0.2, 0) is 11.3 Å². The number of likely N-dealkylation sites (N-methyl/N-ethyl adjacent to an activating group) is 1. The smallest absolute Gasteiger partial charge is 0.255 e. The van der Waals surface area contributed by atoms with Crippen LogP contribution in [0.25, 0.3) is 11.0 Å². The van der Waals surface area contributed by atoms with Gasteiger partial charge in [0.25, 0.3) is 5.91 Å². The van der Waals surface area contributed by atoms with Gasteiger partial charge in [0.1, 0.15) is 5.82 Å². The molecule has 160 valence electrons. The minimum atomic E-state index is -0.183. The molecular formula is C22H24N6O2S. The number of aromatic nitrogens is 2. The molecule has 31 heavy (non-hydrogen) atoms. The van der Waals surface area contributed by atoms with Gasteiger partial charge >= 0.3 is 0 Å². The van der Waals surface area contributed by atoms with Crippen molar-refractivity contribution in [3.63, 3.8) is 0 Å². The summed E-state index contributed by atoms with van der Waals surface area (Å²) in [5.41, 5.74) is 3.83. The summed E-state index contributed by atoms with van der Waals surface area (Å²) in [6.45, 7) is 5.02. The van der Waals surface area contributed by atoms with Gasteiger partial charge in [-0.2, -0.15) is 0 Å². The molecule has 0 atom stereocenters. The molecule has 0 spiro atoms. The van der Waals surface area contributed by atoms with Crippen LogP contribution in [-0.4, -0.2) is 70.6 Å². The van der Waals surface area contributed by atoms with Crippen LogP contribution in [0.15, 0.2) is 41.3 Å². The number of aromatic amines is 1. The van der Waals surface area contributed by atoms with Crippen molar-refractivity contribution in [2.75, 3.05) is 49.6 Å². The highest BCUT2D eigenvalue weighted by Gasteiger charge is 2.18. The number of carbonyl (C=O) groups excluding carboxylic acids is 2. The number of fused-ring (bicyclic) bond motifs is 2. The molecule has 0 unspecified atom stereocenters. The van der Waals surface area contributed by atoms with Crippen molar-refractivity contribution < 1.29 is 9.59 Å². The maximum absolute atomic E-state index is 12.8. The molecule has 2 aliphatic heterocycles. The first kappa shape index (κ1) is 20.0. The Balaban J connectivity index is 1.28. The minimum absolute atomic E-state index is 0.0189. The van der Waals surface area contributed by atoms with Crippen LogP contribution in [0, 0.1) is 0 Å². The minimum Gasteiger partial charge on any atom is -0.341 e. The average molecular weight is 437 g/mol. The lowest BCUT2D eigenvalue weighted by Crippen LogP contribution is -2.44. The van der Waals surface area contributed by atoms with E-state index in [1.54, 1.807) is 12.1 Å². The first-order chi connectivity index (χ1) is 15.0. The zero-order valence-corrected chi connectivity index (χ0v) is 18.1. The fourth-order valence-corrected chi connectivity index (χ4v) is 4.70. The molecule has 0 bridgehead atoms. The quantitative estimate of drug-likeness (QED) is 0.582. The normalized spacial score (nSPS) is 17.4. The molecule has 9 heteroatoms. The van der Waals surface area contributed by atoms with E-state index in [0.29, 0.717) is 17.0 Å². The van der Waals surface area contributed by atoms with Crippen LogP contribution in [0.2, 0.25) is 0 Å². The van der Waals surface area contributed by atoms with Crippen LogP contribution in [0.4, 0.5) is 11.4 Å². The number of hydrogen-bond acceptors (Lipinski definition) is 6. The molecule has 3 N–H and O–H groups in total. The highest BCUT2D eigenvalue weighted by atomic mass is 32.2. The van der Waals surface area contributed by atoms with Crippen molar-refractivity contribution in [3.8, 4) is 0 Å². The lowest BCUT2D eigenvalue weighted by atomic mass is 10.1. The third kappa shape index (κ3) is 4.43. The van der Waals surface area contributed by atoms with E-state index < -0.39 is 0 Å². The monoisotopic (exact) mass is 436 g/mol. The van der Waals surface area contributed by atoms with Gasteiger partial charge in [-0.15, -0.1) is 11.8 Å². The summed E-state index contributed by atoms with van der Waals surface area (Å²) in [5, 5.41) is 5.78. The average Bonchev–Trinajstić information content (AvgIpc) is 3.16. The lowest BCUT2D eigenvalue weighted by molar-refractivity contribution is -0.113. The Hall–Kier alpha value is -2.88. The zero-order chi connectivity index (χ0) is 21.4. The predicted octanol–water partition coefficient (Wildman–Crippen LogP) is 2.61. The van der Waals surface area contributed by atoms with Gasteiger partial charge < -0.3 is 20.5 Å². The molecule has 2 aliphatic rings. The zero-order valence-electron chi connectivity index (χ0n) is 17.3. The molecule has 3 heterocycles. The topological polar surface area (TPSA) is 93.4 Å². The summed E-state index contributed by atoms with van der Waals surface area (Å²) in [4.78, 5) is 38.0. The standard InChI is InChI=1S/C22H24N6O2S/c1-27-6-8-28(9-7-27)12-20-24-16-5-3-15(11-18(16)25-20)23-22(30)14-2-4-17-19(10-14)31-13-21(29)26-17/h2-5,10-11H,6-9,12-13H2,1H3,(H,23,30)(H,24,25)(H,26,29). The first-order valence-corrected chi connectivity index (χ1v) is 11.3. The molecule has 2 aromatic carbocycles. The molecule has 0 radical (unpaired) electrons. The summed E-state index contributed by atoms with van der Waals surface area (Å²) in [5.74, 6) is 1.11. The van der Waals surface area contributed by atoms with Gasteiger partial charge in [-0.1, -0.05) is 0 Å². The number of anilines is 2. The second-order valence-corrected chi connectivity index (χ2v) is 9.01. The third-order valence-electron chi connectivity index (χ3n) is 5.63. The van der Waals surface area contributed by atoms with E-state index in [4.69, 9.17) is 4.98 Å². The Kier molecular flexibility index (Phi) is 5.39. The van der Waals surface area contributed by atoms with Crippen LogP contribution in [0.1, 0.15) is 16.2 Å². The van der Waals surface area contributed by atoms with E-state index in [-0.39, 0.29) is 11.8 Å². The van der Waals surface area contributed by atoms with Crippen LogP contribution >= 0.6 is 11.8 Å². The maximum Gasteiger partial charge on any atom is 0.255 e. The Morgan fingerprint density at radius 1 is 1.16 bits per heavy atom. The molecule has 2 amide bonds. The summed E-state index contributed by atoms with van der Waals surface area (Å²) < 4.78 is 0. The van der Waals surface area contributed by atoms with Gasteiger partial charge in [0, 0.05) is 42.3 Å². The molecular weight excluding hydrogens is 412 g/mol. The van der Waals surface area contributed by atoms with Gasteiger partial charge in [0.05, 0.1) is 29.0 Å². The highest BCUT2D eigenvalue weighted by Crippen LogP contribution is 2.32. The number of piperazine rings is 1. The summed E-state index contributed by atoms with van der Waals surface area (Å²) in [6.07, 6.45) is 0. The SMILES string of the molecule is CN1CCN(Cc2nc3ccc(NC(=O)c4ccc5c(c4)SCC(=O)N5)cc3[nH]2)CC1. The Morgan fingerprint density at radius 2 is 2.00 bits per heavy atom. The number of rotatable bonds is 4. The van der Waals surface area contributed by atoms with E-state index in [1.165, 1.54) is 11.8 Å². The fraction of sp³-hybridized carbons (Fsp3) is 0.318. The second-order valence-electron chi connectivity index (χ2n) is 8.00. The molecule has 0 aliphatic carbocycles. The maximum atomic E-state index is 12.8. The molecule has 1 saturated heterocycles. The highest BCUT2D eigenvalue weighted by molar-refractivity contribution is 8.00. The Labute approximate surface area is 184 Å². The van der Waals surface area contributed by atoms with Crippen molar-refractivity contribution in [2.24, 2.45) is 0 Å². The van der Waals surface area contributed by atoms with Crippen LogP contribution < -0.4 is 10.6 Å². The number of benzene rings is 2. The molecule has 3 aromatic rings. The van der Waals surface area contributed by atoms with Crippen LogP contribution in [0.3, 0.4) is 0 Å². The Bertz CT molecular complexity index is 1150. The number of nitrogens with one attached hydrogen (secondary N) is 3. The first-order valence-electron chi connectivity index (χ1n) is 10.3.